The van der Waals surface area contributed by atoms with Crippen LogP contribution in [0.1, 0.15) is 5.56 Å². The lowest BCUT2D eigenvalue weighted by molar-refractivity contribution is -0.175. The van der Waals surface area contributed by atoms with Crippen LogP contribution >= 0.6 is 0 Å². The van der Waals surface area contributed by atoms with E-state index >= 15 is 0 Å². The minimum absolute atomic E-state index is 0.215. The number of aliphatic carboxylic acids is 1. The summed E-state index contributed by atoms with van der Waals surface area (Å²) in [4.78, 5) is 21.6. The largest absolute Gasteiger partial charge is 0.488 e. The molecule has 4 N–H and O–H groups in total. The van der Waals surface area contributed by atoms with Gasteiger partial charge in [-0.1, -0.05) is 12.1 Å². The van der Waals surface area contributed by atoms with Gasteiger partial charge in [0.25, 0.3) is 0 Å². The first kappa shape index (κ1) is 17.9. The maximum absolute atomic E-state index is 13.7. The molecule has 22 heavy (non-hydrogen) atoms. The minimum atomic E-state index is -5.27. The Morgan fingerprint density at radius 1 is 1.27 bits per heavy atom. The number of alkyl halides is 3. The van der Waals surface area contributed by atoms with Gasteiger partial charge in [0.05, 0.1) is 0 Å². The lowest BCUT2D eigenvalue weighted by Gasteiger charge is -2.16. The van der Waals surface area contributed by atoms with E-state index in [2.05, 4.69) is 0 Å². The van der Waals surface area contributed by atoms with E-state index in [0.29, 0.717) is 6.07 Å². The molecule has 0 spiro atoms. The third kappa shape index (κ3) is 4.70. The van der Waals surface area contributed by atoms with Crippen molar-refractivity contribution in [1.29, 1.82) is 0 Å². The van der Waals surface area contributed by atoms with E-state index in [1.54, 1.807) is 0 Å². The van der Waals surface area contributed by atoms with Gasteiger partial charge in [-0.3, -0.25) is 4.79 Å². The Morgan fingerprint density at radius 3 is 2.27 bits per heavy atom. The number of carboxylic acids is 1. The van der Waals surface area contributed by atoms with E-state index in [4.69, 9.17) is 15.2 Å². The third-order valence-corrected chi connectivity index (χ3v) is 2.66. The van der Waals surface area contributed by atoms with Gasteiger partial charge in [-0.05, 0) is 17.1 Å². The number of rotatable bonds is 5. The average molecular weight is 323 g/mol. The fraction of sp³-hybridized carbons (Fsp3) is 0.273. The van der Waals surface area contributed by atoms with Crippen LogP contribution in [0.15, 0.2) is 18.2 Å². The van der Waals surface area contributed by atoms with E-state index in [9.17, 15) is 27.2 Å². The van der Waals surface area contributed by atoms with Crippen LogP contribution in [0.5, 0.6) is 0 Å². The first-order valence-electron chi connectivity index (χ1n) is 5.77. The normalized spacial score (nSPS) is 12.6. The number of carbonyl (C=O) groups is 2. The Balaban J connectivity index is 2.93. The molecule has 0 aromatic heterocycles. The zero-order chi connectivity index (χ0) is 17.1. The van der Waals surface area contributed by atoms with Gasteiger partial charge in [0.1, 0.15) is 11.9 Å². The predicted octanol–water partition coefficient (Wildman–Crippen LogP) is -0.820. The fourth-order valence-corrected chi connectivity index (χ4v) is 1.55. The highest BCUT2D eigenvalue weighted by atomic mass is 19.4. The standard InChI is InChI=1S/C11H10BF4NO5/c13-7-4-6(12(21)22)2-1-5(7)3-8(9(18)19)17-10(20)11(14,15)16/h1-2,4,8,21-22H,3H2,(H,17,20)(H,18,19)/t8-/m0/s1. The molecule has 0 fully saturated rings. The number of carbonyl (C=O) groups excluding carboxylic acids is 1. The summed E-state index contributed by atoms with van der Waals surface area (Å²) in [6.45, 7) is 0. The molecule has 0 bridgehead atoms. The number of amides is 1. The van der Waals surface area contributed by atoms with Gasteiger partial charge in [0.15, 0.2) is 0 Å². The van der Waals surface area contributed by atoms with Gasteiger partial charge >= 0.3 is 25.2 Å². The van der Waals surface area contributed by atoms with Crippen molar-refractivity contribution >= 4 is 24.5 Å². The van der Waals surface area contributed by atoms with Crippen molar-refractivity contribution in [3.63, 3.8) is 0 Å². The number of hydrogen-bond acceptors (Lipinski definition) is 4. The molecule has 0 radical (unpaired) electrons. The second-order valence-corrected chi connectivity index (χ2v) is 4.29. The molecule has 0 aliphatic rings. The van der Waals surface area contributed by atoms with Crippen molar-refractivity contribution in [2.24, 2.45) is 0 Å². The Kier molecular flexibility index (Phi) is 5.50. The molecule has 11 heteroatoms. The molecular formula is C11H10BF4NO5. The van der Waals surface area contributed by atoms with Crippen LogP contribution in [-0.4, -0.2) is 46.4 Å². The summed E-state index contributed by atoms with van der Waals surface area (Å²) in [5, 5.41) is 27.7. The van der Waals surface area contributed by atoms with E-state index in [0.717, 1.165) is 12.1 Å². The Hall–Kier alpha value is -2.14. The van der Waals surface area contributed by atoms with Crippen LogP contribution in [0.25, 0.3) is 0 Å². The lowest BCUT2D eigenvalue weighted by atomic mass is 9.79. The zero-order valence-electron chi connectivity index (χ0n) is 10.8. The number of halogens is 4. The van der Waals surface area contributed by atoms with Crippen LogP contribution < -0.4 is 10.8 Å². The fourth-order valence-electron chi connectivity index (χ4n) is 1.55. The van der Waals surface area contributed by atoms with Gasteiger partial charge < -0.3 is 20.5 Å². The summed E-state index contributed by atoms with van der Waals surface area (Å²) in [7, 11) is -1.95. The predicted molar refractivity (Wildman–Crippen MR) is 65.6 cm³/mol. The maximum atomic E-state index is 13.7. The highest BCUT2D eigenvalue weighted by Crippen LogP contribution is 2.16. The van der Waals surface area contributed by atoms with Crippen molar-refractivity contribution in [2.45, 2.75) is 18.6 Å². The van der Waals surface area contributed by atoms with E-state index in [1.165, 1.54) is 5.32 Å². The third-order valence-electron chi connectivity index (χ3n) is 2.66. The molecule has 1 aromatic rings. The topological polar surface area (TPSA) is 107 Å². The van der Waals surface area contributed by atoms with Crippen LogP contribution in [0.3, 0.4) is 0 Å². The molecule has 6 nitrogen and oxygen atoms in total. The van der Waals surface area contributed by atoms with E-state index in [-0.39, 0.29) is 11.0 Å². The van der Waals surface area contributed by atoms with Crippen molar-refractivity contribution in [2.75, 3.05) is 0 Å². The molecule has 1 rings (SSSR count). The second kappa shape index (κ2) is 6.75. The monoisotopic (exact) mass is 323 g/mol. The van der Waals surface area contributed by atoms with Gasteiger partial charge in [0.2, 0.25) is 0 Å². The molecule has 0 heterocycles. The van der Waals surface area contributed by atoms with Gasteiger partial charge in [-0.2, -0.15) is 13.2 Å². The number of hydrogen-bond donors (Lipinski definition) is 4. The van der Waals surface area contributed by atoms with Gasteiger partial charge in [0, 0.05) is 6.42 Å². The smallest absolute Gasteiger partial charge is 0.480 e. The zero-order valence-corrected chi connectivity index (χ0v) is 10.8. The Labute approximate surface area is 121 Å². The summed E-state index contributed by atoms with van der Waals surface area (Å²) in [6, 6.07) is 0.756. The van der Waals surface area contributed by atoms with Crippen LogP contribution in [0.2, 0.25) is 0 Å². The van der Waals surface area contributed by atoms with Crippen LogP contribution in [0.4, 0.5) is 17.6 Å². The number of benzene rings is 1. The molecular weight excluding hydrogens is 313 g/mol. The molecule has 0 saturated heterocycles. The summed E-state index contributed by atoms with van der Waals surface area (Å²) in [6.07, 6.45) is -6.01. The Bertz CT molecular complexity index is 578. The van der Waals surface area contributed by atoms with Crippen molar-refractivity contribution in [3.05, 3.63) is 29.6 Å². The first-order valence-corrected chi connectivity index (χ1v) is 5.77. The number of nitrogens with one attached hydrogen (secondary N) is 1. The maximum Gasteiger partial charge on any atom is 0.488 e. The van der Waals surface area contributed by atoms with Crippen LogP contribution in [-0.2, 0) is 16.0 Å². The summed E-state index contributed by atoms with van der Waals surface area (Å²) >= 11 is 0. The highest BCUT2D eigenvalue weighted by Gasteiger charge is 2.41. The minimum Gasteiger partial charge on any atom is -0.480 e. The second-order valence-electron chi connectivity index (χ2n) is 4.29. The highest BCUT2D eigenvalue weighted by molar-refractivity contribution is 6.58. The number of carboxylic acid groups (broad SMARTS) is 1. The SMILES string of the molecule is O=C(O)[C@H](Cc1ccc(B(O)O)cc1F)NC(=O)C(F)(F)F. The molecule has 0 unspecified atom stereocenters. The average Bonchev–Trinajstić information content (AvgIpc) is 2.38. The summed E-state index contributed by atoms with van der Waals surface area (Å²) in [5.74, 6) is -5.27. The van der Waals surface area contributed by atoms with Crippen molar-refractivity contribution in [3.8, 4) is 0 Å². The summed E-state index contributed by atoms with van der Waals surface area (Å²) in [5.41, 5.74) is -0.522. The molecule has 1 amide bonds. The van der Waals surface area contributed by atoms with Gasteiger partial charge in [-0.25, -0.2) is 9.18 Å². The van der Waals surface area contributed by atoms with E-state index < -0.39 is 43.5 Å². The molecule has 0 saturated carbocycles. The van der Waals surface area contributed by atoms with Gasteiger partial charge in [-0.15, -0.1) is 0 Å². The lowest BCUT2D eigenvalue weighted by Crippen LogP contribution is -2.48. The van der Waals surface area contributed by atoms with E-state index in [1.807, 2.05) is 0 Å². The van der Waals surface area contributed by atoms with Crippen molar-refractivity contribution in [1.82, 2.24) is 5.32 Å². The quantitative estimate of drug-likeness (QED) is 0.418. The molecule has 0 aliphatic carbocycles. The Morgan fingerprint density at radius 2 is 1.86 bits per heavy atom. The molecule has 120 valence electrons. The molecule has 0 aliphatic heterocycles. The van der Waals surface area contributed by atoms with Crippen LogP contribution in [0, 0.1) is 5.82 Å². The van der Waals surface area contributed by atoms with Crippen molar-refractivity contribution < 1.29 is 42.3 Å². The molecule has 1 atom stereocenters. The molecule has 1 aromatic carbocycles. The first-order chi connectivity index (χ1) is 10.0. The summed E-state index contributed by atoms with van der Waals surface area (Å²) < 4.78 is 49.9.